The summed E-state index contributed by atoms with van der Waals surface area (Å²) in [6, 6.07) is 25.1. The Morgan fingerprint density at radius 1 is 0.938 bits per heavy atom. The Hall–Kier alpha value is -3.96. The highest BCUT2D eigenvalue weighted by atomic mass is 35.5. The molecule has 0 aliphatic rings. The van der Waals surface area contributed by atoms with E-state index < -0.39 is 5.97 Å². The van der Waals surface area contributed by atoms with Gasteiger partial charge in [-0.1, -0.05) is 71.8 Å². The number of hydrogen-bond donors (Lipinski definition) is 1. The molecule has 0 bridgehead atoms. The van der Waals surface area contributed by atoms with Crippen LogP contribution in [0.15, 0.2) is 90.0 Å². The van der Waals surface area contributed by atoms with E-state index in [2.05, 4.69) is 10.5 Å². The molecular weight excluding hydrogens is 424 g/mol. The molecular formula is C26H19ClN2O3. The normalized spacial score (nSPS) is 10.9. The topological polar surface area (TPSA) is 67.8 Å². The minimum atomic E-state index is -0.579. The zero-order valence-corrected chi connectivity index (χ0v) is 18.0. The molecule has 0 aliphatic carbocycles. The van der Waals surface area contributed by atoms with Crippen molar-refractivity contribution in [1.29, 1.82) is 0 Å². The molecule has 1 amide bonds. The van der Waals surface area contributed by atoms with E-state index in [1.54, 1.807) is 42.5 Å². The number of benzene rings is 4. The maximum absolute atomic E-state index is 12.7. The van der Waals surface area contributed by atoms with Crippen LogP contribution in [0.4, 0.5) is 0 Å². The highest BCUT2D eigenvalue weighted by molar-refractivity contribution is 6.33. The van der Waals surface area contributed by atoms with Gasteiger partial charge in [0.25, 0.3) is 5.91 Å². The Kier molecular flexibility index (Phi) is 6.29. The Bertz CT molecular complexity index is 1350. The Morgan fingerprint density at radius 3 is 2.53 bits per heavy atom. The Labute approximate surface area is 190 Å². The number of carbonyl (C=O) groups is 2. The van der Waals surface area contributed by atoms with Crippen LogP contribution < -0.4 is 10.2 Å². The third-order valence-corrected chi connectivity index (χ3v) is 5.20. The maximum atomic E-state index is 12.7. The molecule has 4 aromatic carbocycles. The van der Waals surface area contributed by atoms with Gasteiger partial charge >= 0.3 is 5.97 Å². The van der Waals surface area contributed by atoms with Crippen LogP contribution in [0.1, 0.15) is 31.8 Å². The summed E-state index contributed by atoms with van der Waals surface area (Å²) in [6.07, 6.45) is 1.48. The van der Waals surface area contributed by atoms with Crippen molar-refractivity contribution in [3.63, 3.8) is 0 Å². The van der Waals surface area contributed by atoms with E-state index in [0.29, 0.717) is 21.9 Å². The van der Waals surface area contributed by atoms with Crippen LogP contribution in [0.2, 0.25) is 5.02 Å². The van der Waals surface area contributed by atoms with E-state index in [1.165, 1.54) is 6.21 Å². The monoisotopic (exact) mass is 442 g/mol. The maximum Gasteiger partial charge on any atom is 0.345 e. The fraction of sp³-hybridized carbons (Fsp3) is 0.0385. The van der Waals surface area contributed by atoms with Gasteiger partial charge < -0.3 is 4.74 Å². The van der Waals surface area contributed by atoms with Crippen molar-refractivity contribution in [2.45, 2.75) is 6.92 Å². The van der Waals surface area contributed by atoms with Crippen LogP contribution in [-0.2, 0) is 0 Å². The van der Waals surface area contributed by atoms with Crippen molar-refractivity contribution in [3.05, 3.63) is 112 Å². The third-order valence-electron chi connectivity index (χ3n) is 4.87. The summed E-state index contributed by atoms with van der Waals surface area (Å²) in [5, 5.41) is 6.18. The quantitative estimate of drug-likeness (QED) is 0.184. The highest BCUT2D eigenvalue weighted by Crippen LogP contribution is 2.28. The van der Waals surface area contributed by atoms with Crippen LogP contribution in [0, 0.1) is 6.92 Å². The SMILES string of the molecule is Cc1cccc(C(=O)NN=Cc2c(OC(=O)c3ccccc3Cl)ccc3ccccc23)c1. The average molecular weight is 443 g/mol. The third kappa shape index (κ3) is 4.68. The van der Waals surface area contributed by atoms with Gasteiger partial charge in [0.05, 0.1) is 16.8 Å². The minimum absolute atomic E-state index is 0.262. The number of aryl methyl sites for hydroxylation is 1. The number of amides is 1. The lowest BCUT2D eigenvalue weighted by Gasteiger charge is -2.11. The number of fused-ring (bicyclic) bond motifs is 1. The molecule has 0 radical (unpaired) electrons. The summed E-state index contributed by atoms with van der Waals surface area (Å²) in [5.74, 6) is -0.605. The number of rotatable bonds is 5. The van der Waals surface area contributed by atoms with Crippen molar-refractivity contribution < 1.29 is 14.3 Å². The molecule has 0 aromatic heterocycles. The first-order chi connectivity index (χ1) is 15.5. The number of hydrazone groups is 1. The predicted octanol–water partition coefficient (Wildman–Crippen LogP) is 5.78. The number of nitrogens with zero attached hydrogens (tertiary/aromatic N) is 1. The second-order valence-corrected chi connectivity index (χ2v) is 7.54. The van der Waals surface area contributed by atoms with Crippen molar-refractivity contribution in [3.8, 4) is 5.75 Å². The predicted molar refractivity (Wildman–Crippen MR) is 127 cm³/mol. The molecule has 4 aromatic rings. The first-order valence-electron chi connectivity index (χ1n) is 9.91. The van der Waals surface area contributed by atoms with Crippen molar-refractivity contribution >= 4 is 40.5 Å². The number of nitrogens with one attached hydrogen (secondary N) is 1. The van der Waals surface area contributed by atoms with Gasteiger partial charge in [-0.2, -0.15) is 5.10 Å². The second kappa shape index (κ2) is 9.45. The van der Waals surface area contributed by atoms with Crippen molar-refractivity contribution in [2.75, 3.05) is 0 Å². The van der Waals surface area contributed by atoms with E-state index in [4.69, 9.17) is 16.3 Å². The summed E-state index contributed by atoms with van der Waals surface area (Å²) in [4.78, 5) is 25.1. The van der Waals surface area contributed by atoms with Gasteiger partial charge in [0.15, 0.2) is 0 Å². The Balaban J connectivity index is 1.64. The smallest absolute Gasteiger partial charge is 0.345 e. The lowest BCUT2D eigenvalue weighted by atomic mass is 10.0. The molecule has 32 heavy (non-hydrogen) atoms. The van der Waals surface area contributed by atoms with Gasteiger partial charge in [-0.25, -0.2) is 10.2 Å². The molecule has 0 saturated carbocycles. The lowest BCUT2D eigenvalue weighted by molar-refractivity contribution is 0.0734. The molecule has 1 N–H and O–H groups in total. The summed E-state index contributed by atoms with van der Waals surface area (Å²) in [6.45, 7) is 1.91. The van der Waals surface area contributed by atoms with Crippen molar-refractivity contribution in [2.24, 2.45) is 5.10 Å². The van der Waals surface area contributed by atoms with Crippen LogP contribution in [-0.4, -0.2) is 18.1 Å². The van der Waals surface area contributed by atoms with E-state index in [1.807, 2.05) is 49.4 Å². The summed E-state index contributed by atoms with van der Waals surface area (Å²) < 4.78 is 5.65. The molecule has 0 unspecified atom stereocenters. The zero-order valence-electron chi connectivity index (χ0n) is 17.2. The first-order valence-corrected chi connectivity index (χ1v) is 10.3. The molecule has 0 aliphatic heterocycles. The number of carbonyl (C=O) groups excluding carboxylic acids is 2. The van der Waals surface area contributed by atoms with Crippen LogP contribution in [0.25, 0.3) is 10.8 Å². The summed E-state index contributed by atoms with van der Waals surface area (Å²) >= 11 is 6.13. The number of ether oxygens (including phenoxy) is 1. The lowest BCUT2D eigenvalue weighted by Crippen LogP contribution is -2.18. The fourth-order valence-corrected chi connectivity index (χ4v) is 3.50. The zero-order chi connectivity index (χ0) is 22.5. The second-order valence-electron chi connectivity index (χ2n) is 7.14. The standard InChI is InChI=1S/C26H19ClN2O3/c1-17-7-6-9-19(15-17)25(30)29-28-16-22-20-10-3-2-8-18(20)13-14-24(22)32-26(31)21-11-4-5-12-23(21)27/h2-16H,1H3,(H,29,30). The molecule has 4 rings (SSSR count). The van der Waals surface area contributed by atoms with Crippen molar-refractivity contribution in [1.82, 2.24) is 5.43 Å². The first kappa shape index (κ1) is 21.3. The van der Waals surface area contributed by atoms with Crippen LogP contribution in [0.3, 0.4) is 0 Å². The molecule has 0 saturated heterocycles. The van der Waals surface area contributed by atoms with Crippen LogP contribution in [0.5, 0.6) is 5.75 Å². The van der Waals surface area contributed by atoms with Gasteiger partial charge in [-0.05, 0) is 48.0 Å². The molecule has 0 atom stereocenters. The number of halogens is 1. The Morgan fingerprint density at radius 2 is 1.72 bits per heavy atom. The average Bonchev–Trinajstić information content (AvgIpc) is 2.80. The number of esters is 1. The molecule has 0 fully saturated rings. The molecule has 5 nitrogen and oxygen atoms in total. The van der Waals surface area contributed by atoms with Gasteiger partial charge in [0.1, 0.15) is 5.75 Å². The molecule has 6 heteroatoms. The summed E-state index contributed by atoms with van der Waals surface area (Å²) in [5.41, 5.74) is 4.84. The summed E-state index contributed by atoms with van der Waals surface area (Å²) in [7, 11) is 0. The fourth-order valence-electron chi connectivity index (χ4n) is 3.29. The van der Waals surface area contributed by atoms with Gasteiger partial charge in [-0.3, -0.25) is 4.79 Å². The minimum Gasteiger partial charge on any atom is -0.422 e. The molecule has 0 spiro atoms. The van der Waals surface area contributed by atoms with E-state index >= 15 is 0 Å². The van der Waals surface area contributed by atoms with Gasteiger partial charge in [0, 0.05) is 11.1 Å². The van der Waals surface area contributed by atoms with Gasteiger partial charge in [0.2, 0.25) is 0 Å². The highest BCUT2D eigenvalue weighted by Gasteiger charge is 2.16. The van der Waals surface area contributed by atoms with E-state index in [-0.39, 0.29) is 11.5 Å². The van der Waals surface area contributed by atoms with E-state index in [0.717, 1.165) is 16.3 Å². The largest absolute Gasteiger partial charge is 0.422 e. The molecule has 158 valence electrons. The molecule has 0 heterocycles. The van der Waals surface area contributed by atoms with Crippen LogP contribution >= 0.6 is 11.6 Å². The van der Waals surface area contributed by atoms with Gasteiger partial charge in [-0.15, -0.1) is 0 Å². The number of hydrogen-bond acceptors (Lipinski definition) is 4. The van der Waals surface area contributed by atoms with E-state index in [9.17, 15) is 9.59 Å².